The van der Waals surface area contributed by atoms with Gasteiger partial charge in [0.1, 0.15) is 12.4 Å². The summed E-state index contributed by atoms with van der Waals surface area (Å²) in [5, 5.41) is 11.5. The molecule has 0 saturated carbocycles. The Hall–Kier alpha value is -1.98. The minimum absolute atomic E-state index is 0.239. The SMILES string of the molecule is CC(C)(C)[C@@H](NC(=O)c1cncnc1)C(=O)O. The number of nitrogens with one attached hydrogen (secondary N) is 1. The quantitative estimate of drug-likeness (QED) is 0.807. The number of rotatable bonds is 3. The Balaban J connectivity index is 2.83. The van der Waals surface area contributed by atoms with Crippen LogP contribution in [0.2, 0.25) is 0 Å². The molecule has 0 saturated heterocycles. The lowest BCUT2D eigenvalue weighted by Gasteiger charge is -2.27. The van der Waals surface area contributed by atoms with Crippen molar-refractivity contribution in [1.29, 1.82) is 0 Å². The number of carbonyl (C=O) groups excluding carboxylic acids is 1. The molecule has 0 aliphatic heterocycles. The summed E-state index contributed by atoms with van der Waals surface area (Å²) < 4.78 is 0. The van der Waals surface area contributed by atoms with Crippen LogP contribution < -0.4 is 5.32 Å². The number of carboxylic acid groups (broad SMARTS) is 1. The van der Waals surface area contributed by atoms with E-state index in [1.807, 2.05) is 0 Å². The highest BCUT2D eigenvalue weighted by molar-refractivity contribution is 5.96. The number of hydrogen-bond acceptors (Lipinski definition) is 4. The Labute approximate surface area is 99.1 Å². The summed E-state index contributed by atoms with van der Waals surface area (Å²) in [6, 6.07) is -0.963. The smallest absolute Gasteiger partial charge is 0.326 e. The van der Waals surface area contributed by atoms with E-state index in [0.717, 1.165) is 0 Å². The molecule has 0 spiro atoms. The van der Waals surface area contributed by atoms with Crippen LogP contribution in [-0.4, -0.2) is 33.0 Å². The average Bonchev–Trinajstić information content (AvgIpc) is 2.24. The monoisotopic (exact) mass is 237 g/mol. The Bertz CT molecular complexity index is 412. The highest BCUT2D eigenvalue weighted by Gasteiger charge is 2.32. The molecule has 92 valence electrons. The molecule has 0 unspecified atom stereocenters. The number of carbonyl (C=O) groups is 2. The Kier molecular flexibility index (Phi) is 3.77. The van der Waals surface area contributed by atoms with Gasteiger partial charge >= 0.3 is 5.97 Å². The van der Waals surface area contributed by atoms with Crippen molar-refractivity contribution in [3.63, 3.8) is 0 Å². The van der Waals surface area contributed by atoms with Crippen molar-refractivity contribution in [2.24, 2.45) is 5.41 Å². The largest absolute Gasteiger partial charge is 0.480 e. The Morgan fingerprint density at radius 1 is 1.29 bits per heavy atom. The first-order chi connectivity index (χ1) is 7.82. The van der Waals surface area contributed by atoms with Gasteiger partial charge in [-0.1, -0.05) is 20.8 Å². The summed E-state index contributed by atoms with van der Waals surface area (Å²) in [6.07, 6.45) is 3.98. The second-order valence-corrected chi connectivity index (χ2v) is 4.74. The fourth-order valence-electron chi connectivity index (χ4n) is 1.28. The average molecular weight is 237 g/mol. The van der Waals surface area contributed by atoms with Gasteiger partial charge in [0.25, 0.3) is 5.91 Å². The first kappa shape index (κ1) is 13.1. The molecule has 1 amide bonds. The van der Waals surface area contributed by atoms with E-state index in [4.69, 9.17) is 5.11 Å². The fourth-order valence-corrected chi connectivity index (χ4v) is 1.28. The summed E-state index contributed by atoms with van der Waals surface area (Å²) in [5.74, 6) is -1.56. The normalized spacial score (nSPS) is 12.9. The van der Waals surface area contributed by atoms with Crippen LogP contribution in [-0.2, 0) is 4.79 Å². The van der Waals surface area contributed by atoms with E-state index >= 15 is 0 Å². The molecule has 0 aliphatic carbocycles. The van der Waals surface area contributed by atoms with Crippen LogP contribution in [0.4, 0.5) is 0 Å². The van der Waals surface area contributed by atoms with Crippen LogP contribution in [0, 0.1) is 5.41 Å². The highest BCUT2D eigenvalue weighted by Crippen LogP contribution is 2.19. The van der Waals surface area contributed by atoms with Crippen molar-refractivity contribution in [3.8, 4) is 0 Å². The molecule has 1 atom stereocenters. The van der Waals surface area contributed by atoms with E-state index in [1.165, 1.54) is 18.7 Å². The topological polar surface area (TPSA) is 92.2 Å². The molecule has 0 aliphatic rings. The van der Waals surface area contributed by atoms with Gasteiger partial charge in [-0.15, -0.1) is 0 Å². The highest BCUT2D eigenvalue weighted by atomic mass is 16.4. The molecule has 1 heterocycles. The summed E-state index contributed by atoms with van der Waals surface area (Å²) in [4.78, 5) is 30.2. The zero-order chi connectivity index (χ0) is 13.1. The lowest BCUT2D eigenvalue weighted by atomic mass is 9.86. The standard InChI is InChI=1S/C11H15N3O3/c1-11(2,3)8(10(16)17)14-9(15)7-4-12-6-13-5-7/h4-6,8H,1-3H3,(H,14,15)(H,16,17)/t8-/m0/s1. The van der Waals surface area contributed by atoms with Crippen LogP contribution in [0.15, 0.2) is 18.7 Å². The number of carboxylic acids is 1. The Morgan fingerprint density at radius 3 is 2.24 bits per heavy atom. The van der Waals surface area contributed by atoms with E-state index < -0.39 is 23.3 Å². The molecular formula is C11H15N3O3. The maximum Gasteiger partial charge on any atom is 0.326 e. The summed E-state index contributed by atoms with van der Waals surface area (Å²) in [7, 11) is 0. The van der Waals surface area contributed by atoms with E-state index in [-0.39, 0.29) is 5.56 Å². The van der Waals surface area contributed by atoms with Crippen LogP contribution in [0.1, 0.15) is 31.1 Å². The minimum Gasteiger partial charge on any atom is -0.480 e. The molecule has 0 fully saturated rings. The lowest BCUT2D eigenvalue weighted by Crippen LogP contribution is -2.49. The first-order valence-electron chi connectivity index (χ1n) is 5.11. The summed E-state index contributed by atoms with van der Waals surface area (Å²) >= 11 is 0. The summed E-state index contributed by atoms with van der Waals surface area (Å²) in [6.45, 7) is 5.23. The molecule has 1 aromatic rings. The maximum absolute atomic E-state index is 11.8. The van der Waals surface area contributed by atoms with Crippen molar-refractivity contribution >= 4 is 11.9 Å². The second kappa shape index (κ2) is 4.90. The van der Waals surface area contributed by atoms with Gasteiger partial charge in [-0.3, -0.25) is 4.79 Å². The fraction of sp³-hybridized carbons (Fsp3) is 0.455. The van der Waals surface area contributed by atoms with Gasteiger partial charge in [0.05, 0.1) is 5.56 Å². The number of hydrogen-bond donors (Lipinski definition) is 2. The number of amides is 1. The van der Waals surface area contributed by atoms with Gasteiger partial charge in [0.15, 0.2) is 0 Å². The molecule has 17 heavy (non-hydrogen) atoms. The van der Waals surface area contributed by atoms with E-state index in [2.05, 4.69) is 15.3 Å². The maximum atomic E-state index is 11.8. The van der Waals surface area contributed by atoms with Gasteiger partial charge in [-0.2, -0.15) is 0 Å². The predicted molar refractivity (Wildman–Crippen MR) is 60.4 cm³/mol. The molecule has 1 rings (SSSR count). The molecule has 2 N–H and O–H groups in total. The zero-order valence-electron chi connectivity index (χ0n) is 9.97. The van der Waals surface area contributed by atoms with Crippen LogP contribution >= 0.6 is 0 Å². The summed E-state index contributed by atoms with van der Waals surface area (Å²) in [5.41, 5.74) is -0.333. The number of nitrogens with zero attached hydrogens (tertiary/aromatic N) is 2. The number of aromatic nitrogens is 2. The van der Waals surface area contributed by atoms with Crippen LogP contribution in [0.5, 0.6) is 0 Å². The van der Waals surface area contributed by atoms with Crippen molar-refractivity contribution < 1.29 is 14.7 Å². The Morgan fingerprint density at radius 2 is 1.82 bits per heavy atom. The van der Waals surface area contributed by atoms with Crippen LogP contribution in [0.3, 0.4) is 0 Å². The predicted octanol–water partition coefficient (Wildman–Crippen LogP) is 0.706. The van der Waals surface area contributed by atoms with Crippen LogP contribution in [0.25, 0.3) is 0 Å². The van der Waals surface area contributed by atoms with Gasteiger partial charge in [-0.05, 0) is 5.41 Å². The molecule has 0 radical (unpaired) electrons. The first-order valence-corrected chi connectivity index (χ1v) is 5.11. The molecule has 6 nitrogen and oxygen atoms in total. The van der Waals surface area contributed by atoms with Crippen molar-refractivity contribution in [2.75, 3.05) is 0 Å². The van der Waals surface area contributed by atoms with Crippen molar-refractivity contribution in [1.82, 2.24) is 15.3 Å². The van der Waals surface area contributed by atoms with Gasteiger partial charge in [0, 0.05) is 12.4 Å². The molecule has 0 aromatic carbocycles. The minimum atomic E-state index is -1.07. The van der Waals surface area contributed by atoms with E-state index in [9.17, 15) is 9.59 Å². The zero-order valence-corrected chi connectivity index (χ0v) is 9.97. The van der Waals surface area contributed by atoms with Gasteiger partial charge in [-0.25, -0.2) is 14.8 Å². The second-order valence-electron chi connectivity index (χ2n) is 4.74. The van der Waals surface area contributed by atoms with E-state index in [1.54, 1.807) is 20.8 Å². The van der Waals surface area contributed by atoms with E-state index in [0.29, 0.717) is 0 Å². The molecule has 6 heteroatoms. The molecule has 0 bridgehead atoms. The van der Waals surface area contributed by atoms with Gasteiger partial charge in [0.2, 0.25) is 0 Å². The molecular weight excluding hydrogens is 222 g/mol. The third kappa shape index (κ3) is 3.51. The molecule has 1 aromatic heterocycles. The van der Waals surface area contributed by atoms with Crippen molar-refractivity contribution in [2.45, 2.75) is 26.8 Å². The third-order valence-corrected chi connectivity index (χ3v) is 2.21. The third-order valence-electron chi connectivity index (χ3n) is 2.21. The van der Waals surface area contributed by atoms with Crippen molar-refractivity contribution in [3.05, 3.63) is 24.3 Å². The van der Waals surface area contributed by atoms with Gasteiger partial charge < -0.3 is 10.4 Å². The number of aliphatic carboxylic acids is 1. The lowest BCUT2D eigenvalue weighted by molar-refractivity contribution is -0.142.